The largest absolute Gasteiger partial charge is 0.381 e. The van der Waals surface area contributed by atoms with Gasteiger partial charge >= 0.3 is 0 Å². The maximum atomic E-state index is 13.6. The molecule has 5 rings (SSSR count). The first-order chi connectivity index (χ1) is 15.2. The van der Waals surface area contributed by atoms with Crippen molar-refractivity contribution in [1.29, 1.82) is 0 Å². The first-order valence-electron chi connectivity index (χ1n) is 11.1. The van der Waals surface area contributed by atoms with Crippen molar-refractivity contribution >= 4 is 5.91 Å². The minimum absolute atomic E-state index is 0.0425. The maximum absolute atomic E-state index is 13.6. The summed E-state index contributed by atoms with van der Waals surface area (Å²) in [6, 6.07) is 22.8. The van der Waals surface area contributed by atoms with Crippen LogP contribution in [0.1, 0.15) is 46.6 Å². The highest BCUT2D eigenvalue weighted by molar-refractivity contribution is 5.92. The van der Waals surface area contributed by atoms with Gasteiger partial charge in [-0.2, -0.15) is 0 Å². The number of aromatic nitrogens is 1. The Kier molecular flexibility index (Phi) is 5.36. The summed E-state index contributed by atoms with van der Waals surface area (Å²) < 4.78 is 11.2. The molecule has 3 atom stereocenters. The molecule has 0 unspecified atom stereocenters. The molecule has 0 bridgehead atoms. The van der Waals surface area contributed by atoms with Gasteiger partial charge in [-0.15, -0.1) is 0 Å². The molecule has 1 saturated carbocycles. The van der Waals surface area contributed by atoms with Crippen LogP contribution in [-0.4, -0.2) is 35.2 Å². The van der Waals surface area contributed by atoms with Crippen molar-refractivity contribution < 1.29 is 14.1 Å². The predicted molar refractivity (Wildman–Crippen MR) is 118 cm³/mol. The van der Waals surface area contributed by atoms with Crippen molar-refractivity contribution in [3.63, 3.8) is 0 Å². The molecule has 31 heavy (non-hydrogen) atoms. The summed E-state index contributed by atoms with van der Waals surface area (Å²) >= 11 is 0. The van der Waals surface area contributed by atoms with E-state index in [1.165, 1.54) is 5.56 Å². The van der Waals surface area contributed by atoms with E-state index in [2.05, 4.69) is 47.6 Å². The third kappa shape index (κ3) is 3.79. The van der Waals surface area contributed by atoms with Crippen molar-refractivity contribution in [2.45, 2.75) is 44.2 Å². The third-order valence-corrected chi connectivity index (χ3v) is 7.00. The van der Waals surface area contributed by atoms with E-state index in [9.17, 15) is 4.79 Å². The summed E-state index contributed by atoms with van der Waals surface area (Å²) in [5, 5.41) is 4.02. The molecule has 0 spiro atoms. The van der Waals surface area contributed by atoms with Crippen LogP contribution < -0.4 is 0 Å². The number of hydrogen-bond donors (Lipinski definition) is 0. The van der Waals surface area contributed by atoms with Crippen molar-refractivity contribution in [3.8, 4) is 0 Å². The minimum atomic E-state index is -0.0616. The van der Waals surface area contributed by atoms with Gasteiger partial charge in [-0.05, 0) is 43.2 Å². The molecule has 1 amide bonds. The summed E-state index contributed by atoms with van der Waals surface area (Å²) in [5.74, 6) is 1.09. The lowest BCUT2D eigenvalue weighted by molar-refractivity contribution is 0.00728. The molecule has 0 N–H and O–H groups in total. The molecule has 2 heterocycles. The molecule has 0 radical (unpaired) electrons. The Bertz CT molecular complexity index is 1030. The summed E-state index contributed by atoms with van der Waals surface area (Å²) in [6.07, 6.45) is 2.91. The highest BCUT2D eigenvalue weighted by Crippen LogP contribution is 2.51. The Balaban J connectivity index is 1.49. The van der Waals surface area contributed by atoms with Crippen LogP contribution in [0.5, 0.6) is 0 Å². The highest BCUT2D eigenvalue weighted by atomic mass is 16.5. The molecule has 5 nitrogen and oxygen atoms in total. The molecule has 2 fully saturated rings. The van der Waals surface area contributed by atoms with Crippen molar-refractivity contribution in [2.75, 3.05) is 13.2 Å². The zero-order chi connectivity index (χ0) is 21.3. The number of nitrogens with zero attached hydrogens (tertiary/aromatic N) is 2. The van der Waals surface area contributed by atoms with Gasteiger partial charge in [0.15, 0.2) is 5.69 Å². The molecule has 3 aromatic rings. The second-order valence-corrected chi connectivity index (χ2v) is 8.90. The van der Waals surface area contributed by atoms with Crippen LogP contribution in [0.15, 0.2) is 71.3 Å². The predicted octanol–water partition coefficient (Wildman–Crippen LogP) is 4.76. The van der Waals surface area contributed by atoms with Crippen LogP contribution in [0.3, 0.4) is 0 Å². The highest BCUT2D eigenvalue weighted by Gasteiger charge is 2.52. The lowest BCUT2D eigenvalue weighted by atomic mass is 9.70. The smallest absolute Gasteiger partial charge is 0.276 e. The van der Waals surface area contributed by atoms with Gasteiger partial charge in [0.05, 0.1) is 6.61 Å². The van der Waals surface area contributed by atoms with E-state index >= 15 is 0 Å². The summed E-state index contributed by atoms with van der Waals surface area (Å²) in [7, 11) is 0. The number of hydrogen-bond acceptors (Lipinski definition) is 4. The fourth-order valence-corrected chi connectivity index (χ4v) is 5.48. The molecule has 1 aliphatic carbocycles. The molecule has 2 aromatic carbocycles. The second kappa shape index (κ2) is 8.31. The number of carbonyl (C=O) groups excluding carboxylic acids is 1. The number of aryl methyl sites for hydroxylation is 1. The number of rotatable bonds is 5. The molecular weight excluding hydrogens is 388 g/mol. The van der Waals surface area contributed by atoms with E-state index in [0.29, 0.717) is 30.5 Å². The third-order valence-electron chi connectivity index (χ3n) is 7.00. The average Bonchev–Trinajstić information content (AvgIpc) is 3.43. The van der Waals surface area contributed by atoms with Crippen molar-refractivity contribution in [1.82, 2.24) is 10.1 Å². The molecule has 2 aliphatic rings. The molecule has 1 saturated heterocycles. The van der Waals surface area contributed by atoms with Gasteiger partial charge in [-0.1, -0.05) is 65.8 Å². The Morgan fingerprint density at radius 2 is 1.87 bits per heavy atom. The number of amides is 1. The summed E-state index contributed by atoms with van der Waals surface area (Å²) in [6.45, 7) is 3.89. The van der Waals surface area contributed by atoms with Gasteiger partial charge in [0.1, 0.15) is 5.76 Å². The number of carbonyl (C=O) groups is 1. The van der Waals surface area contributed by atoms with Crippen LogP contribution >= 0.6 is 0 Å². The lowest BCUT2D eigenvalue weighted by Gasteiger charge is -2.40. The van der Waals surface area contributed by atoms with Gasteiger partial charge in [0.2, 0.25) is 0 Å². The molecular formula is C26H28N2O3. The van der Waals surface area contributed by atoms with E-state index in [1.807, 2.05) is 30.0 Å². The van der Waals surface area contributed by atoms with E-state index in [4.69, 9.17) is 9.26 Å². The number of ether oxygens (including phenoxy) is 1. The van der Waals surface area contributed by atoms with E-state index in [1.54, 1.807) is 6.07 Å². The fourth-order valence-electron chi connectivity index (χ4n) is 5.48. The van der Waals surface area contributed by atoms with Crippen molar-refractivity contribution in [3.05, 3.63) is 89.3 Å². The van der Waals surface area contributed by atoms with Gasteiger partial charge in [-0.25, -0.2) is 0 Å². The van der Waals surface area contributed by atoms with Gasteiger partial charge in [-0.3, -0.25) is 4.79 Å². The second-order valence-electron chi connectivity index (χ2n) is 8.90. The van der Waals surface area contributed by atoms with Gasteiger partial charge < -0.3 is 14.2 Å². The SMILES string of the molecule is Cc1cc(C(=O)N(Cc2ccccc2)[C@H]2C[C@H]3CCOC[C@@]3(c3ccccc3)C2)no1. The van der Waals surface area contributed by atoms with E-state index < -0.39 is 0 Å². The monoisotopic (exact) mass is 416 g/mol. The van der Waals surface area contributed by atoms with Crippen LogP contribution in [0, 0.1) is 12.8 Å². The maximum Gasteiger partial charge on any atom is 0.276 e. The Labute approximate surface area is 183 Å². The lowest BCUT2D eigenvalue weighted by Crippen LogP contribution is -2.42. The summed E-state index contributed by atoms with van der Waals surface area (Å²) in [5.41, 5.74) is 2.79. The summed E-state index contributed by atoms with van der Waals surface area (Å²) in [4.78, 5) is 15.6. The fraction of sp³-hybridized carbons (Fsp3) is 0.385. The number of fused-ring (bicyclic) bond motifs is 1. The van der Waals surface area contributed by atoms with Crippen LogP contribution in [-0.2, 0) is 16.7 Å². The molecule has 1 aliphatic heterocycles. The molecule has 160 valence electrons. The van der Waals surface area contributed by atoms with Crippen LogP contribution in [0.2, 0.25) is 0 Å². The van der Waals surface area contributed by atoms with Crippen molar-refractivity contribution in [2.24, 2.45) is 5.92 Å². The zero-order valence-corrected chi connectivity index (χ0v) is 17.9. The average molecular weight is 417 g/mol. The number of benzene rings is 2. The zero-order valence-electron chi connectivity index (χ0n) is 17.9. The molecule has 5 heteroatoms. The van der Waals surface area contributed by atoms with E-state index in [-0.39, 0.29) is 17.4 Å². The Morgan fingerprint density at radius 1 is 1.13 bits per heavy atom. The van der Waals surface area contributed by atoms with Gasteiger partial charge in [0.25, 0.3) is 5.91 Å². The quantitative estimate of drug-likeness (QED) is 0.602. The molecule has 1 aromatic heterocycles. The minimum Gasteiger partial charge on any atom is -0.381 e. The van der Waals surface area contributed by atoms with Crippen LogP contribution in [0.25, 0.3) is 0 Å². The normalized spacial score (nSPS) is 25.2. The topological polar surface area (TPSA) is 55.6 Å². The first kappa shape index (κ1) is 20.0. The Hall–Kier alpha value is -2.92. The van der Waals surface area contributed by atoms with Gasteiger partial charge in [0, 0.05) is 30.7 Å². The Morgan fingerprint density at radius 3 is 2.58 bits per heavy atom. The van der Waals surface area contributed by atoms with Crippen LogP contribution in [0.4, 0.5) is 0 Å². The first-order valence-corrected chi connectivity index (χ1v) is 11.1. The standard InChI is InChI=1S/C26H28N2O3/c1-19-14-24(27-31-19)25(29)28(17-20-8-4-2-5-9-20)23-15-22-12-13-30-18-26(22,16-23)21-10-6-3-7-11-21/h2-11,14,22-23H,12-13,15-18H2,1H3/t22-,23+,26-/m1/s1. The van der Waals surface area contributed by atoms with E-state index in [0.717, 1.165) is 31.4 Å².